The molecule has 0 spiro atoms. The molecular weight excluding hydrogens is 266 g/mol. The van der Waals surface area contributed by atoms with Crippen LogP contribution in [0.4, 0.5) is 0 Å². The van der Waals surface area contributed by atoms with Gasteiger partial charge in [0.2, 0.25) is 5.91 Å². The van der Waals surface area contributed by atoms with Crippen molar-refractivity contribution in [2.45, 2.75) is 51.5 Å². The molecule has 124 valence electrons. The third-order valence-corrected chi connectivity index (χ3v) is 4.80. The van der Waals surface area contributed by atoms with Crippen LogP contribution in [0.5, 0.6) is 0 Å². The van der Waals surface area contributed by atoms with Gasteiger partial charge in [-0.15, -0.1) is 0 Å². The van der Waals surface area contributed by atoms with Gasteiger partial charge in [-0.3, -0.25) is 4.79 Å². The van der Waals surface area contributed by atoms with Crippen LogP contribution >= 0.6 is 0 Å². The van der Waals surface area contributed by atoms with Crippen LogP contribution in [0.3, 0.4) is 0 Å². The van der Waals surface area contributed by atoms with E-state index in [-0.39, 0.29) is 5.91 Å². The molecule has 5 nitrogen and oxygen atoms in total. The lowest BCUT2D eigenvalue weighted by Crippen LogP contribution is -2.58. The maximum Gasteiger partial charge on any atom is 0.238 e. The number of nitrogens with two attached hydrogens (primary N) is 1. The van der Waals surface area contributed by atoms with Gasteiger partial charge in [-0.25, -0.2) is 0 Å². The molecule has 5 heteroatoms. The first-order chi connectivity index (χ1) is 10.1. The molecular formula is C16H33N3O2. The monoisotopic (exact) mass is 299 g/mol. The number of hydrogen-bond donors (Lipinski definition) is 2. The Hall–Kier alpha value is -0.650. The summed E-state index contributed by atoms with van der Waals surface area (Å²) in [7, 11) is 1.73. The van der Waals surface area contributed by atoms with E-state index in [4.69, 9.17) is 10.5 Å². The average molecular weight is 299 g/mol. The fraction of sp³-hybridized carbons (Fsp3) is 0.938. The van der Waals surface area contributed by atoms with Crippen molar-refractivity contribution in [3.63, 3.8) is 0 Å². The lowest BCUT2D eigenvalue weighted by Gasteiger charge is -2.35. The third-order valence-electron chi connectivity index (χ3n) is 4.80. The summed E-state index contributed by atoms with van der Waals surface area (Å²) in [5.41, 5.74) is 5.27. The number of likely N-dealkylation sites (N-methyl/N-ethyl adjacent to an activating group) is 1. The molecule has 0 aromatic heterocycles. The largest absolute Gasteiger partial charge is 0.383 e. The van der Waals surface area contributed by atoms with Crippen molar-refractivity contribution in [3.8, 4) is 0 Å². The minimum absolute atomic E-state index is 0.168. The van der Waals surface area contributed by atoms with Crippen LogP contribution in [0.15, 0.2) is 0 Å². The number of nitrogens with zero attached hydrogens (tertiary/aromatic N) is 1. The smallest absolute Gasteiger partial charge is 0.238 e. The molecule has 0 aromatic carbocycles. The summed E-state index contributed by atoms with van der Waals surface area (Å²) < 4.78 is 5.15. The topological polar surface area (TPSA) is 67.6 Å². The van der Waals surface area contributed by atoms with Crippen LogP contribution in [0.25, 0.3) is 0 Å². The maximum absolute atomic E-state index is 12.1. The third kappa shape index (κ3) is 4.94. The highest BCUT2D eigenvalue weighted by atomic mass is 16.5. The number of primary amides is 1. The Balaban J connectivity index is 2.59. The van der Waals surface area contributed by atoms with Crippen LogP contribution in [-0.4, -0.2) is 56.2 Å². The number of carbonyl (C=O) groups excluding carboxylic acids is 1. The molecule has 2 atom stereocenters. The van der Waals surface area contributed by atoms with E-state index in [1.54, 1.807) is 7.11 Å². The highest BCUT2D eigenvalue weighted by Crippen LogP contribution is 2.38. The van der Waals surface area contributed by atoms with Crippen molar-refractivity contribution in [3.05, 3.63) is 0 Å². The Labute approximate surface area is 129 Å². The molecule has 1 aliphatic rings. The normalized spacial score (nSPS) is 25.6. The molecule has 0 bridgehead atoms. The van der Waals surface area contributed by atoms with Crippen LogP contribution in [-0.2, 0) is 9.53 Å². The molecule has 21 heavy (non-hydrogen) atoms. The summed E-state index contributed by atoms with van der Waals surface area (Å²) in [5, 5.41) is 3.46. The number of hydrogen-bond acceptors (Lipinski definition) is 4. The molecule has 0 saturated heterocycles. The first-order valence-electron chi connectivity index (χ1n) is 8.36. The molecule has 1 amide bonds. The Morgan fingerprint density at radius 3 is 2.76 bits per heavy atom. The van der Waals surface area contributed by atoms with E-state index in [0.29, 0.717) is 5.92 Å². The average Bonchev–Trinajstić information content (AvgIpc) is 2.89. The molecule has 0 radical (unpaired) electrons. The molecule has 1 aliphatic carbocycles. The maximum atomic E-state index is 12.1. The first kappa shape index (κ1) is 18.4. The summed E-state index contributed by atoms with van der Waals surface area (Å²) in [5.74, 6) is 0.191. The minimum Gasteiger partial charge on any atom is -0.383 e. The molecule has 0 heterocycles. The lowest BCUT2D eigenvalue weighted by atomic mass is 9.83. The van der Waals surface area contributed by atoms with Gasteiger partial charge < -0.3 is 20.7 Å². The summed E-state index contributed by atoms with van der Waals surface area (Å²) in [4.78, 5) is 14.4. The van der Waals surface area contributed by atoms with Crippen molar-refractivity contribution >= 4 is 5.91 Å². The zero-order chi connectivity index (χ0) is 15.7. The highest BCUT2D eigenvalue weighted by Gasteiger charge is 2.46. The quantitative estimate of drug-likeness (QED) is 0.605. The van der Waals surface area contributed by atoms with Crippen molar-refractivity contribution in [1.82, 2.24) is 10.2 Å². The van der Waals surface area contributed by atoms with Gasteiger partial charge in [0.05, 0.1) is 6.61 Å². The zero-order valence-electron chi connectivity index (χ0n) is 14.0. The van der Waals surface area contributed by atoms with Gasteiger partial charge in [0.25, 0.3) is 0 Å². The van der Waals surface area contributed by atoms with E-state index in [1.165, 1.54) is 0 Å². The van der Waals surface area contributed by atoms with E-state index in [9.17, 15) is 4.79 Å². The van der Waals surface area contributed by atoms with Gasteiger partial charge in [0.15, 0.2) is 0 Å². The van der Waals surface area contributed by atoms with Crippen LogP contribution in [0, 0.1) is 5.92 Å². The second-order valence-electron chi connectivity index (χ2n) is 6.07. The summed E-state index contributed by atoms with van der Waals surface area (Å²) in [6.07, 6.45) is 5.13. The van der Waals surface area contributed by atoms with Crippen LogP contribution in [0.2, 0.25) is 0 Å². The number of amides is 1. The predicted octanol–water partition coefficient (Wildman–Crippen LogP) is 1.37. The Bertz CT molecular complexity index is 312. The van der Waals surface area contributed by atoms with Crippen molar-refractivity contribution in [2.24, 2.45) is 11.7 Å². The van der Waals surface area contributed by atoms with E-state index in [1.807, 2.05) is 0 Å². The Morgan fingerprint density at radius 2 is 2.19 bits per heavy atom. The van der Waals surface area contributed by atoms with Gasteiger partial charge in [-0.1, -0.05) is 20.3 Å². The molecule has 1 fully saturated rings. The van der Waals surface area contributed by atoms with Crippen LogP contribution < -0.4 is 11.1 Å². The van der Waals surface area contributed by atoms with E-state index in [0.717, 1.165) is 64.9 Å². The summed E-state index contributed by atoms with van der Waals surface area (Å²) in [6.45, 7) is 8.88. The van der Waals surface area contributed by atoms with Gasteiger partial charge >= 0.3 is 0 Å². The molecule has 1 rings (SSSR count). The molecule has 3 N–H and O–H groups in total. The Morgan fingerprint density at radius 1 is 1.43 bits per heavy atom. The fourth-order valence-electron chi connectivity index (χ4n) is 3.45. The van der Waals surface area contributed by atoms with E-state index in [2.05, 4.69) is 24.1 Å². The van der Waals surface area contributed by atoms with Gasteiger partial charge in [-0.2, -0.15) is 0 Å². The summed E-state index contributed by atoms with van der Waals surface area (Å²) >= 11 is 0. The summed E-state index contributed by atoms with van der Waals surface area (Å²) in [6, 6.07) is 0. The van der Waals surface area contributed by atoms with Gasteiger partial charge in [-0.05, 0) is 51.2 Å². The number of carbonyl (C=O) groups is 1. The van der Waals surface area contributed by atoms with Crippen LogP contribution in [0.1, 0.15) is 46.0 Å². The van der Waals surface area contributed by atoms with E-state index < -0.39 is 5.54 Å². The molecule has 0 aromatic rings. The van der Waals surface area contributed by atoms with Crippen molar-refractivity contribution < 1.29 is 9.53 Å². The number of rotatable bonds is 11. The molecule has 1 saturated carbocycles. The number of methoxy groups -OCH3 is 1. The number of nitrogens with one attached hydrogen (secondary N) is 1. The van der Waals surface area contributed by atoms with Gasteiger partial charge in [0, 0.05) is 13.7 Å². The molecule has 0 aliphatic heterocycles. The highest BCUT2D eigenvalue weighted by molar-refractivity contribution is 5.85. The predicted molar refractivity (Wildman–Crippen MR) is 86.2 cm³/mol. The SMILES string of the molecule is CCCNC1(C(N)=O)CCCC1CCN(CC)CCOC. The van der Waals surface area contributed by atoms with Crippen molar-refractivity contribution in [2.75, 3.05) is 39.9 Å². The second kappa shape index (κ2) is 9.38. The van der Waals surface area contributed by atoms with Gasteiger partial charge in [0.1, 0.15) is 5.54 Å². The van der Waals surface area contributed by atoms with E-state index >= 15 is 0 Å². The number of ether oxygens (including phenoxy) is 1. The fourth-order valence-corrected chi connectivity index (χ4v) is 3.45. The Kier molecular flexibility index (Phi) is 8.22. The minimum atomic E-state index is -0.476. The lowest BCUT2D eigenvalue weighted by molar-refractivity contribution is -0.126. The zero-order valence-corrected chi connectivity index (χ0v) is 14.0. The first-order valence-corrected chi connectivity index (χ1v) is 8.36. The molecule has 2 unspecified atom stereocenters. The van der Waals surface area contributed by atoms with Crippen molar-refractivity contribution in [1.29, 1.82) is 0 Å². The standard InChI is InChI=1S/C16H33N3O2/c1-4-10-18-16(15(17)20)9-6-7-14(16)8-11-19(5-2)12-13-21-3/h14,18H,4-13H2,1-3H3,(H2,17,20). The second-order valence-corrected chi connectivity index (χ2v) is 6.07.